The van der Waals surface area contributed by atoms with E-state index in [0.717, 1.165) is 10.0 Å². The topological polar surface area (TPSA) is 58.6 Å². The lowest BCUT2D eigenvalue weighted by Gasteiger charge is -2.29. The molecule has 1 N–H and O–H groups in total. The number of nitrogens with one attached hydrogen (secondary N) is 1. The summed E-state index contributed by atoms with van der Waals surface area (Å²) in [6.45, 7) is 5.60. The standard InChI is InChI=1S/C21H24BrClN2O3/c1-14(2)24-21(27)15(3)25(12-16-7-9-17(22)10-8-16)20(26)13-28-19-6-4-5-18(23)11-19/h4-11,14-15H,12-13H2,1-3H3,(H,24,27)/t15-/m1/s1. The first-order valence-corrected chi connectivity index (χ1v) is 10.2. The number of amides is 2. The molecule has 0 aliphatic rings. The Morgan fingerprint density at radius 3 is 2.43 bits per heavy atom. The summed E-state index contributed by atoms with van der Waals surface area (Å²) in [6.07, 6.45) is 0. The minimum Gasteiger partial charge on any atom is -0.484 e. The molecule has 0 aliphatic carbocycles. The number of benzene rings is 2. The van der Waals surface area contributed by atoms with Crippen molar-refractivity contribution in [3.8, 4) is 5.75 Å². The molecule has 0 unspecified atom stereocenters. The predicted octanol–water partition coefficient (Wildman–Crippen LogP) is 4.42. The maximum absolute atomic E-state index is 12.9. The Balaban J connectivity index is 2.14. The molecule has 2 rings (SSSR count). The highest BCUT2D eigenvalue weighted by Gasteiger charge is 2.26. The van der Waals surface area contributed by atoms with Crippen LogP contribution in [-0.4, -0.2) is 35.4 Å². The van der Waals surface area contributed by atoms with Gasteiger partial charge in [0.25, 0.3) is 5.91 Å². The molecule has 0 aliphatic heterocycles. The second kappa shape index (κ2) is 10.5. The Morgan fingerprint density at radius 1 is 1.14 bits per heavy atom. The molecule has 2 aromatic carbocycles. The summed E-state index contributed by atoms with van der Waals surface area (Å²) in [5, 5.41) is 3.38. The van der Waals surface area contributed by atoms with Crippen LogP contribution in [0.4, 0.5) is 0 Å². The Kier molecular flexibility index (Phi) is 8.33. The summed E-state index contributed by atoms with van der Waals surface area (Å²) < 4.78 is 6.53. The van der Waals surface area contributed by atoms with Crippen molar-refractivity contribution < 1.29 is 14.3 Å². The molecule has 28 heavy (non-hydrogen) atoms. The summed E-state index contributed by atoms with van der Waals surface area (Å²) in [5.74, 6) is 0.0150. The molecule has 0 fully saturated rings. The molecule has 0 saturated heterocycles. The third-order valence-electron chi connectivity index (χ3n) is 4.02. The van der Waals surface area contributed by atoms with E-state index in [4.69, 9.17) is 16.3 Å². The first-order chi connectivity index (χ1) is 13.3. The van der Waals surface area contributed by atoms with E-state index < -0.39 is 6.04 Å². The van der Waals surface area contributed by atoms with Crippen molar-refractivity contribution in [3.05, 3.63) is 63.6 Å². The lowest BCUT2D eigenvalue weighted by atomic mass is 10.1. The van der Waals surface area contributed by atoms with Gasteiger partial charge in [-0.05, 0) is 56.7 Å². The van der Waals surface area contributed by atoms with Gasteiger partial charge in [-0.3, -0.25) is 9.59 Å². The number of carbonyl (C=O) groups is 2. The van der Waals surface area contributed by atoms with E-state index in [1.165, 1.54) is 4.90 Å². The van der Waals surface area contributed by atoms with Crippen molar-refractivity contribution in [2.75, 3.05) is 6.61 Å². The van der Waals surface area contributed by atoms with Crippen LogP contribution in [0.15, 0.2) is 53.0 Å². The van der Waals surface area contributed by atoms with Gasteiger partial charge in [0.2, 0.25) is 5.91 Å². The van der Waals surface area contributed by atoms with Gasteiger partial charge in [0.1, 0.15) is 11.8 Å². The van der Waals surface area contributed by atoms with Gasteiger partial charge in [0, 0.05) is 22.1 Å². The lowest BCUT2D eigenvalue weighted by Crippen LogP contribution is -2.50. The van der Waals surface area contributed by atoms with Gasteiger partial charge in [-0.25, -0.2) is 0 Å². The van der Waals surface area contributed by atoms with Crippen LogP contribution in [0.2, 0.25) is 5.02 Å². The Morgan fingerprint density at radius 2 is 1.82 bits per heavy atom. The molecule has 7 heteroatoms. The van der Waals surface area contributed by atoms with Crippen LogP contribution in [0.5, 0.6) is 5.75 Å². The van der Waals surface area contributed by atoms with E-state index in [0.29, 0.717) is 17.3 Å². The average molecular weight is 468 g/mol. The molecule has 0 bridgehead atoms. The zero-order valence-corrected chi connectivity index (χ0v) is 18.5. The first-order valence-electron chi connectivity index (χ1n) is 8.99. The predicted molar refractivity (Wildman–Crippen MR) is 114 cm³/mol. The fourth-order valence-electron chi connectivity index (χ4n) is 2.56. The Labute approximate surface area is 179 Å². The van der Waals surface area contributed by atoms with Crippen LogP contribution in [-0.2, 0) is 16.1 Å². The smallest absolute Gasteiger partial charge is 0.261 e. The summed E-state index contributed by atoms with van der Waals surface area (Å²) in [5.41, 5.74) is 0.920. The molecule has 0 radical (unpaired) electrons. The fraction of sp³-hybridized carbons (Fsp3) is 0.333. The molecule has 0 aromatic heterocycles. The van der Waals surface area contributed by atoms with Crippen LogP contribution in [0.3, 0.4) is 0 Å². The van der Waals surface area contributed by atoms with E-state index in [-0.39, 0.29) is 24.5 Å². The molecule has 0 heterocycles. The quantitative estimate of drug-likeness (QED) is 0.625. The number of halogens is 2. The average Bonchev–Trinajstić information content (AvgIpc) is 2.64. The number of rotatable bonds is 8. The van der Waals surface area contributed by atoms with Gasteiger partial charge in [-0.1, -0.05) is 45.7 Å². The van der Waals surface area contributed by atoms with E-state index in [9.17, 15) is 9.59 Å². The molecule has 0 spiro atoms. The van der Waals surface area contributed by atoms with Crippen molar-refractivity contribution >= 4 is 39.3 Å². The van der Waals surface area contributed by atoms with Crippen molar-refractivity contribution in [2.45, 2.75) is 39.4 Å². The summed E-state index contributed by atoms with van der Waals surface area (Å²) in [6, 6.07) is 13.8. The van der Waals surface area contributed by atoms with Gasteiger partial charge >= 0.3 is 0 Å². The van der Waals surface area contributed by atoms with E-state index in [1.807, 2.05) is 38.1 Å². The maximum atomic E-state index is 12.9. The van der Waals surface area contributed by atoms with Gasteiger partial charge < -0.3 is 15.0 Å². The molecular weight excluding hydrogens is 444 g/mol. The summed E-state index contributed by atoms with van der Waals surface area (Å²) >= 11 is 9.35. The molecule has 0 saturated carbocycles. The second-order valence-electron chi connectivity index (χ2n) is 6.73. The number of hydrogen-bond donors (Lipinski definition) is 1. The van der Waals surface area contributed by atoms with Crippen LogP contribution in [0.1, 0.15) is 26.3 Å². The van der Waals surface area contributed by atoms with E-state index in [1.54, 1.807) is 31.2 Å². The first kappa shape index (κ1) is 22.2. The zero-order valence-electron chi connectivity index (χ0n) is 16.1. The second-order valence-corrected chi connectivity index (χ2v) is 8.09. The summed E-state index contributed by atoms with van der Waals surface area (Å²) in [4.78, 5) is 26.9. The largest absolute Gasteiger partial charge is 0.484 e. The molecule has 5 nitrogen and oxygen atoms in total. The normalized spacial score (nSPS) is 11.8. The molecule has 2 amide bonds. The van der Waals surface area contributed by atoms with Crippen LogP contribution in [0, 0.1) is 0 Å². The Hall–Kier alpha value is -2.05. The van der Waals surface area contributed by atoms with Crippen molar-refractivity contribution in [2.24, 2.45) is 0 Å². The van der Waals surface area contributed by atoms with Gasteiger partial charge in [0.15, 0.2) is 6.61 Å². The third kappa shape index (κ3) is 6.84. The molecule has 150 valence electrons. The van der Waals surface area contributed by atoms with E-state index >= 15 is 0 Å². The summed E-state index contributed by atoms with van der Waals surface area (Å²) in [7, 11) is 0. The van der Waals surface area contributed by atoms with Crippen molar-refractivity contribution in [1.29, 1.82) is 0 Å². The van der Waals surface area contributed by atoms with Gasteiger partial charge in [-0.15, -0.1) is 0 Å². The van der Waals surface area contributed by atoms with Crippen molar-refractivity contribution in [1.82, 2.24) is 10.2 Å². The lowest BCUT2D eigenvalue weighted by molar-refractivity contribution is -0.142. The van der Waals surface area contributed by atoms with Gasteiger partial charge in [0.05, 0.1) is 0 Å². The third-order valence-corrected chi connectivity index (χ3v) is 4.79. The molecular formula is C21H24BrClN2O3. The minimum atomic E-state index is -0.637. The maximum Gasteiger partial charge on any atom is 0.261 e. The highest BCUT2D eigenvalue weighted by molar-refractivity contribution is 9.10. The molecule has 2 aromatic rings. The number of nitrogens with zero attached hydrogens (tertiary/aromatic N) is 1. The van der Waals surface area contributed by atoms with Crippen LogP contribution in [0.25, 0.3) is 0 Å². The number of carbonyl (C=O) groups excluding carboxylic acids is 2. The number of ether oxygens (including phenoxy) is 1. The Bertz CT molecular complexity index is 812. The highest BCUT2D eigenvalue weighted by atomic mass is 79.9. The molecule has 1 atom stereocenters. The van der Waals surface area contributed by atoms with Gasteiger partial charge in [-0.2, -0.15) is 0 Å². The fourth-order valence-corrected chi connectivity index (χ4v) is 3.00. The highest BCUT2D eigenvalue weighted by Crippen LogP contribution is 2.18. The number of hydrogen-bond acceptors (Lipinski definition) is 3. The van der Waals surface area contributed by atoms with E-state index in [2.05, 4.69) is 21.2 Å². The SMILES string of the molecule is CC(C)NC(=O)[C@@H](C)N(Cc1ccc(Br)cc1)C(=O)COc1cccc(Cl)c1. The van der Waals surface area contributed by atoms with Crippen LogP contribution < -0.4 is 10.1 Å². The zero-order chi connectivity index (χ0) is 20.7. The van der Waals surface area contributed by atoms with Crippen molar-refractivity contribution in [3.63, 3.8) is 0 Å². The van der Waals surface area contributed by atoms with Crippen LogP contribution >= 0.6 is 27.5 Å². The monoisotopic (exact) mass is 466 g/mol. The minimum absolute atomic E-state index is 0.0118.